The van der Waals surface area contributed by atoms with Crippen molar-refractivity contribution in [3.05, 3.63) is 39.1 Å². The van der Waals surface area contributed by atoms with Gasteiger partial charge in [0.1, 0.15) is 10.8 Å². The molecule has 0 bridgehead atoms. The van der Waals surface area contributed by atoms with Crippen molar-refractivity contribution >= 4 is 27.3 Å². The predicted octanol–water partition coefficient (Wildman–Crippen LogP) is 4.29. The number of benzene rings is 1. The van der Waals surface area contributed by atoms with Crippen molar-refractivity contribution in [3.8, 4) is 10.6 Å². The number of hydrogen-bond acceptors (Lipinski definition) is 3. The van der Waals surface area contributed by atoms with Crippen molar-refractivity contribution in [2.24, 2.45) is 5.73 Å². The van der Waals surface area contributed by atoms with Crippen molar-refractivity contribution in [2.75, 3.05) is 0 Å². The van der Waals surface area contributed by atoms with Crippen LogP contribution in [0.3, 0.4) is 0 Å². The topological polar surface area (TPSA) is 38.9 Å². The zero-order valence-corrected chi connectivity index (χ0v) is 12.6. The largest absolute Gasteiger partial charge is 0.326 e. The first-order valence-corrected chi connectivity index (χ1v) is 7.29. The molecule has 1 heterocycles. The fourth-order valence-electron chi connectivity index (χ4n) is 1.74. The quantitative estimate of drug-likeness (QED) is 0.912. The van der Waals surface area contributed by atoms with Gasteiger partial charge in [0.2, 0.25) is 0 Å². The number of thiazole rings is 1. The van der Waals surface area contributed by atoms with E-state index in [1.165, 1.54) is 17.4 Å². The molecule has 1 aromatic carbocycles. The van der Waals surface area contributed by atoms with Crippen molar-refractivity contribution in [3.63, 3.8) is 0 Å². The molecule has 0 fully saturated rings. The number of nitrogens with two attached hydrogens (primary N) is 1. The molecule has 0 aliphatic heterocycles. The van der Waals surface area contributed by atoms with Gasteiger partial charge < -0.3 is 5.73 Å². The number of aromatic nitrogens is 1. The fraction of sp³-hybridized carbons (Fsp3) is 0.308. The highest BCUT2D eigenvalue weighted by atomic mass is 79.9. The van der Waals surface area contributed by atoms with Crippen LogP contribution in [0, 0.1) is 5.82 Å². The molecule has 0 saturated carbocycles. The van der Waals surface area contributed by atoms with Gasteiger partial charge in [-0.3, -0.25) is 0 Å². The van der Waals surface area contributed by atoms with Gasteiger partial charge in [0, 0.05) is 21.5 Å². The Balaban J connectivity index is 2.54. The average molecular weight is 329 g/mol. The smallest absolute Gasteiger partial charge is 0.133 e. The molecule has 96 valence electrons. The summed E-state index contributed by atoms with van der Waals surface area (Å²) >= 11 is 4.82. The van der Waals surface area contributed by atoms with E-state index in [1.54, 1.807) is 12.1 Å². The van der Waals surface area contributed by atoms with Gasteiger partial charge in [0.15, 0.2) is 0 Å². The van der Waals surface area contributed by atoms with Gasteiger partial charge in [-0.25, -0.2) is 9.37 Å². The SMILES string of the molecule is CC(C)c1nc(-c2cc(Br)ccc2F)sc1CN. The normalized spacial score (nSPS) is 11.2. The lowest BCUT2D eigenvalue weighted by atomic mass is 10.1. The van der Waals surface area contributed by atoms with Crippen LogP contribution in [0.25, 0.3) is 10.6 Å². The lowest BCUT2D eigenvalue weighted by Gasteiger charge is -2.02. The van der Waals surface area contributed by atoms with Gasteiger partial charge in [0.25, 0.3) is 0 Å². The first-order chi connectivity index (χ1) is 8.52. The predicted molar refractivity (Wildman–Crippen MR) is 77.2 cm³/mol. The lowest BCUT2D eigenvalue weighted by Crippen LogP contribution is -1.99. The molecule has 0 aliphatic rings. The number of hydrogen-bond donors (Lipinski definition) is 1. The molecule has 0 aliphatic carbocycles. The zero-order valence-electron chi connectivity index (χ0n) is 10.2. The summed E-state index contributed by atoms with van der Waals surface area (Å²) in [5, 5.41) is 0.693. The highest BCUT2D eigenvalue weighted by Gasteiger charge is 2.16. The second kappa shape index (κ2) is 5.47. The van der Waals surface area contributed by atoms with E-state index in [-0.39, 0.29) is 5.82 Å². The van der Waals surface area contributed by atoms with E-state index in [4.69, 9.17) is 5.73 Å². The molecule has 0 unspecified atom stereocenters. The van der Waals surface area contributed by atoms with Crippen LogP contribution < -0.4 is 5.73 Å². The second-order valence-electron chi connectivity index (χ2n) is 4.31. The maximum absolute atomic E-state index is 13.8. The minimum absolute atomic E-state index is 0.258. The van der Waals surface area contributed by atoms with E-state index in [0.717, 1.165) is 15.0 Å². The summed E-state index contributed by atoms with van der Waals surface area (Å²) in [7, 11) is 0. The molecule has 0 amide bonds. The highest BCUT2D eigenvalue weighted by Crippen LogP contribution is 2.34. The van der Waals surface area contributed by atoms with Crippen molar-refractivity contribution in [1.82, 2.24) is 4.98 Å². The summed E-state index contributed by atoms with van der Waals surface area (Å²) in [5.41, 5.74) is 7.21. The maximum Gasteiger partial charge on any atom is 0.133 e. The third kappa shape index (κ3) is 2.63. The van der Waals surface area contributed by atoms with Crippen LogP contribution in [0.1, 0.15) is 30.3 Å². The first kappa shape index (κ1) is 13.6. The van der Waals surface area contributed by atoms with Gasteiger partial charge in [-0.1, -0.05) is 29.8 Å². The zero-order chi connectivity index (χ0) is 13.3. The number of rotatable bonds is 3. The molecular formula is C13H14BrFN2S. The van der Waals surface area contributed by atoms with E-state index >= 15 is 0 Å². The Morgan fingerprint density at radius 3 is 2.72 bits per heavy atom. The van der Waals surface area contributed by atoms with Gasteiger partial charge in [-0.15, -0.1) is 11.3 Å². The van der Waals surface area contributed by atoms with E-state index < -0.39 is 0 Å². The molecule has 2 nitrogen and oxygen atoms in total. The summed E-state index contributed by atoms with van der Waals surface area (Å²) in [4.78, 5) is 5.56. The van der Waals surface area contributed by atoms with Gasteiger partial charge in [0.05, 0.1) is 5.69 Å². The van der Waals surface area contributed by atoms with Crippen molar-refractivity contribution < 1.29 is 4.39 Å². The Labute approximate surface area is 118 Å². The summed E-state index contributed by atoms with van der Waals surface area (Å²) in [5.74, 6) is 0.0367. The van der Waals surface area contributed by atoms with Crippen LogP contribution in [-0.4, -0.2) is 4.98 Å². The molecule has 0 saturated heterocycles. The molecule has 5 heteroatoms. The minimum Gasteiger partial charge on any atom is -0.326 e. The number of halogens is 2. The van der Waals surface area contributed by atoms with Gasteiger partial charge in [-0.05, 0) is 24.1 Å². The van der Waals surface area contributed by atoms with Crippen LogP contribution >= 0.6 is 27.3 Å². The van der Waals surface area contributed by atoms with Crippen LogP contribution in [0.2, 0.25) is 0 Å². The highest BCUT2D eigenvalue weighted by molar-refractivity contribution is 9.10. The Kier molecular flexibility index (Phi) is 4.14. The van der Waals surface area contributed by atoms with E-state index in [2.05, 4.69) is 34.8 Å². The average Bonchev–Trinajstić information content (AvgIpc) is 2.76. The molecule has 2 rings (SSSR count). The summed E-state index contributed by atoms with van der Waals surface area (Å²) in [6.07, 6.45) is 0. The second-order valence-corrected chi connectivity index (χ2v) is 6.31. The first-order valence-electron chi connectivity index (χ1n) is 5.68. The monoisotopic (exact) mass is 328 g/mol. The third-order valence-electron chi connectivity index (χ3n) is 2.62. The fourth-order valence-corrected chi connectivity index (χ4v) is 3.21. The molecule has 18 heavy (non-hydrogen) atoms. The number of nitrogens with zero attached hydrogens (tertiary/aromatic N) is 1. The summed E-state index contributed by atoms with van der Waals surface area (Å²) < 4.78 is 14.7. The third-order valence-corrected chi connectivity index (χ3v) is 4.24. The maximum atomic E-state index is 13.8. The van der Waals surface area contributed by atoms with Crippen LogP contribution in [-0.2, 0) is 6.54 Å². The Morgan fingerprint density at radius 2 is 2.17 bits per heavy atom. The standard InChI is InChI=1S/C13H14BrFN2S/c1-7(2)12-11(6-16)18-13(17-12)9-5-8(14)3-4-10(9)15/h3-5,7H,6,16H2,1-2H3. The van der Waals surface area contributed by atoms with Gasteiger partial charge >= 0.3 is 0 Å². The van der Waals surface area contributed by atoms with E-state index in [9.17, 15) is 4.39 Å². The van der Waals surface area contributed by atoms with E-state index in [1.807, 2.05) is 0 Å². The van der Waals surface area contributed by atoms with Crippen molar-refractivity contribution in [2.45, 2.75) is 26.3 Å². The lowest BCUT2D eigenvalue weighted by molar-refractivity contribution is 0.630. The molecular weight excluding hydrogens is 315 g/mol. The summed E-state index contributed by atoms with van der Waals surface area (Å²) in [6.45, 7) is 4.57. The molecule has 2 N–H and O–H groups in total. The van der Waals surface area contributed by atoms with Crippen LogP contribution in [0.4, 0.5) is 4.39 Å². The minimum atomic E-state index is -0.258. The Hall–Kier alpha value is -0.780. The Morgan fingerprint density at radius 1 is 1.44 bits per heavy atom. The van der Waals surface area contributed by atoms with Crippen LogP contribution in [0.15, 0.2) is 22.7 Å². The van der Waals surface area contributed by atoms with Crippen LogP contribution in [0.5, 0.6) is 0 Å². The molecule has 0 radical (unpaired) electrons. The molecule has 0 spiro atoms. The van der Waals surface area contributed by atoms with E-state index in [0.29, 0.717) is 23.0 Å². The molecule has 2 aromatic rings. The molecule has 0 atom stereocenters. The van der Waals surface area contributed by atoms with Gasteiger partial charge in [-0.2, -0.15) is 0 Å². The summed E-state index contributed by atoms with van der Waals surface area (Å²) in [6, 6.07) is 4.87. The molecule has 1 aromatic heterocycles. The Bertz CT molecular complexity index is 566. The van der Waals surface area contributed by atoms with Crippen molar-refractivity contribution in [1.29, 1.82) is 0 Å².